The van der Waals surface area contributed by atoms with Crippen LogP contribution in [0.4, 0.5) is 0 Å². The van der Waals surface area contributed by atoms with Crippen LogP contribution in [0.5, 0.6) is 0 Å². The fraction of sp³-hybridized carbons (Fsp3) is 0.529. The van der Waals surface area contributed by atoms with Gasteiger partial charge in [-0.2, -0.15) is 8.42 Å². The summed E-state index contributed by atoms with van der Waals surface area (Å²) in [4.78, 5) is 24.4. The van der Waals surface area contributed by atoms with Crippen LogP contribution in [0.3, 0.4) is 0 Å². The first-order valence-electron chi connectivity index (χ1n) is 8.27. The Morgan fingerprint density at radius 2 is 1.60 bits per heavy atom. The Balaban J connectivity index is 1.62. The fourth-order valence-electron chi connectivity index (χ4n) is 2.44. The molecule has 1 aliphatic heterocycles. The highest BCUT2D eigenvalue weighted by Gasteiger charge is 2.25. The summed E-state index contributed by atoms with van der Waals surface area (Å²) in [6, 6.07) is 6.51. The van der Waals surface area contributed by atoms with E-state index < -0.39 is 10.1 Å². The lowest BCUT2D eigenvalue weighted by atomic mass is 10.2. The average molecular weight is 369 g/mol. The van der Waals surface area contributed by atoms with Crippen LogP contribution in [-0.2, 0) is 28.6 Å². The van der Waals surface area contributed by atoms with Crippen molar-refractivity contribution in [2.45, 2.75) is 37.5 Å². The van der Waals surface area contributed by atoms with Gasteiger partial charge in [-0.3, -0.25) is 18.7 Å². The highest BCUT2D eigenvalue weighted by Crippen LogP contribution is 2.14. The number of benzene rings is 1. The van der Waals surface area contributed by atoms with Crippen molar-refractivity contribution in [3.05, 3.63) is 29.8 Å². The minimum absolute atomic E-state index is 0.0452. The van der Waals surface area contributed by atoms with Crippen LogP contribution in [0.1, 0.15) is 31.2 Å². The zero-order valence-electron chi connectivity index (χ0n) is 14.3. The number of rotatable bonds is 9. The topological polar surface area (TPSA) is 90.0 Å². The number of hydrogen-bond donors (Lipinski definition) is 0. The van der Waals surface area contributed by atoms with Crippen LogP contribution in [0, 0.1) is 6.92 Å². The molecule has 0 aliphatic carbocycles. The van der Waals surface area contributed by atoms with Gasteiger partial charge in [0.05, 0.1) is 11.5 Å². The van der Waals surface area contributed by atoms with Gasteiger partial charge in [0, 0.05) is 6.54 Å². The molecule has 25 heavy (non-hydrogen) atoms. The molecule has 0 atom stereocenters. The normalized spacial score (nSPS) is 15.6. The lowest BCUT2D eigenvalue weighted by Gasteiger charge is -2.24. The van der Waals surface area contributed by atoms with Gasteiger partial charge in [0.2, 0.25) is 0 Å². The summed E-state index contributed by atoms with van der Waals surface area (Å²) in [5.41, 5.74) is 0.983. The summed E-state index contributed by atoms with van der Waals surface area (Å²) >= 11 is 0. The number of carbonyl (C=O) groups is 2. The Bertz CT molecular complexity index is 682. The predicted octanol–water partition coefficient (Wildman–Crippen LogP) is 1.65. The summed E-state index contributed by atoms with van der Waals surface area (Å²) in [6.07, 6.45) is 2.82. The molecule has 2 rings (SSSR count). The van der Waals surface area contributed by atoms with Crippen molar-refractivity contribution < 1.29 is 26.9 Å². The van der Waals surface area contributed by atoms with Gasteiger partial charge in [0.1, 0.15) is 13.2 Å². The average Bonchev–Trinajstić information content (AvgIpc) is 2.56. The number of amides is 2. The summed E-state index contributed by atoms with van der Waals surface area (Å²) < 4.78 is 33.9. The smallest absolute Gasteiger partial charge is 0.296 e. The van der Waals surface area contributed by atoms with E-state index in [4.69, 9.17) is 8.92 Å². The number of carbonyl (C=O) groups excluding carboxylic acids is 2. The molecule has 1 aliphatic rings. The maximum Gasteiger partial charge on any atom is 0.296 e. The largest absolute Gasteiger partial charge is 0.362 e. The quantitative estimate of drug-likeness (QED) is 0.373. The van der Waals surface area contributed by atoms with E-state index in [0.717, 1.165) is 18.4 Å². The van der Waals surface area contributed by atoms with Crippen molar-refractivity contribution in [1.82, 2.24) is 4.90 Å². The fourth-order valence-corrected chi connectivity index (χ4v) is 3.38. The molecule has 1 heterocycles. The maximum absolute atomic E-state index is 12.0. The lowest BCUT2D eigenvalue weighted by molar-refractivity contribution is -0.158. The van der Waals surface area contributed by atoms with E-state index in [1.807, 2.05) is 6.92 Å². The molecular formula is C17H23NO6S. The van der Waals surface area contributed by atoms with E-state index in [1.54, 1.807) is 12.1 Å². The SMILES string of the molecule is Cc1ccc(S(=O)(=O)OCCCCCCN2C(=O)COCC2=O)cc1. The molecule has 1 aromatic carbocycles. The van der Waals surface area contributed by atoms with Crippen molar-refractivity contribution in [2.75, 3.05) is 26.4 Å². The second kappa shape index (κ2) is 9.07. The van der Waals surface area contributed by atoms with Gasteiger partial charge in [-0.1, -0.05) is 30.5 Å². The molecule has 0 spiro atoms. The Labute approximate surface area is 148 Å². The van der Waals surface area contributed by atoms with Crippen LogP contribution in [-0.4, -0.2) is 51.5 Å². The molecule has 7 nitrogen and oxygen atoms in total. The zero-order valence-corrected chi connectivity index (χ0v) is 15.1. The van der Waals surface area contributed by atoms with E-state index >= 15 is 0 Å². The molecule has 1 aromatic rings. The first-order valence-corrected chi connectivity index (χ1v) is 9.68. The first-order chi connectivity index (χ1) is 11.9. The third-order valence-corrected chi connectivity index (χ3v) is 5.20. The van der Waals surface area contributed by atoms with Crippen LogP contribution >= 0.6 is 0 Å². The Kier molecular flexibility index (Phi) is 7.10. The monoisotopic (exact) mass is 369 g/mol. The van der Waals surface area contributed by atoms with Gasteiger partial charge in [-0.15, -0.1) is 0 Å². The van der Waals surface area contributed by atoms with Crippen molar-refractivity contribution in [3.8, 4) is 0 Å². The van der Waals surface area contributed by atoms with Crippen LogP contribution in [0.25, 0.3) is 0 Å². The molecular weight excluding hydrogens is 346 g/mol. The standard InChI is InChI=1S/C17H23NO6S/c1-14-6-8-15(9-7-14)25(21,22)24-11-5-3-2-4-10-18-16(19)12-23-13-17(18)20/h6-9H,2-5,10-13H2,1H3. The Morgan fingerprint density at radius 1 is 1.00 bits per heavy atom. The number of imide groups is 1. The Hall–Kier alpha value is -1.77. The summed E-state index contributed by atoms with van der Waals surface area (Å²) in [6.45, 7) is 2.29. The lowest BCUT2D eigenvalue weighted by Crippen LogP contribution is -2.46. The van der Waals surface area contributed by atoms with Gasteiger partial charge < -0.3 is 4.74 Å². The molecule has 1 fully saturated rings. The van der Waals surface area contributed by atoms with E-state index in [1.165, 1.54) is 17.0 Å². The van der Waals surface area contributed by atoms with E-state index in [-0.39, 0.29) is 36.5 Å². The molecule has 8 heteroatoms. The zero-order chi connectivity index (χ0) is 18.3. The van der Waals surface area contributed by atoms with E-state index in [0.29, 0.717) is 19.4 Å². The molecule has 0 unspecified atom stereocenters. The van der Waals surface area contributed by atoms with Gasteiger partial charge in [-0.05, 0) is 31.9 Å². The number of nitrogens with zero attached hydrogens (tertiary/aromatic N) is 1. The van der Waals surface area contributed by atoms with E-state index in [9.17, 15) is 18.0 Å². The highest BCUT2D eigenvalue weighted by atomic mass is 32.2. The molecule has 138 valence electrons. The number of hydrogen-bond acceptors (Lipinski definition) is 6. The molecule has 1 saturated heterocycles. The molecule has 0 bridgehead atoms. The third-order valence-electron chi connectivity index (χ3n) is 3.88. The maximum atomic E-state index is 12.0. The molecule has 2 amide bonds. The molecule has 0 radical (unpaired) electrons. The number of morpholine rings is 1. The van der Waals surface area contributed by atoms with E-state index in [2.05, 4.69) is 0 Å². The van der Waals surface area contributed by atoms with Gasteiger partial charge >= 0.3 is 0 Å². The molecule has 0 aromatic heterocycles. The van der Waals surface area contributed by atoms with Crippen LogP contribution < -0.4 is 0 Å². The van der Waals surface area contributed by atoms with Gasteiger partial charge in [0.15, 0.2) is 0 Å². The first kappa shape index (κ1) is 19.6. The second-order valence-corrected chi connectivity index (χ2v) is 7.55. The van der Waals surface area contributed by atoms with Crippen molar-refractivity contribution >= 4 is 21.9 Å². The summed E-state index contributed by atoms with van der Waals surface area (Å²) in [5, 5.41) is 0. The predicted molar refractivity (Wildman–Crippen MR) is 90.3 cm³/mol. The molecule has 0 saturated carbocycles. The van der Waals surface area contributed by atoms with Crippen molar-refractivity contribution in [2.24, 2.45) is 0 Å². The van der Waals surface area contributed by atoms with Gasteiger partial charge in [0.25, 0.3) is 21.9 Å². The van der Waals surface area contributed by atoms with Crippen molar-refractivity contribution in [3.63, 3.8) is 0 Å². The van der Waals surface area contributed by atoms with Crippen LogP contribution in [0.2, 0.25) is 0 Å². The van der Waals surface area contributed by atoms with Gasteiger partial charge in [-0.25, -0.2) is 0 Å². The Morgan fingerprint density at radius 3 is 2.24 bits per heavy atom. The minimum atomic E-state index is -3.71. The van der Waals surface area contributed by atoms with Crippen molar-refractivity contribution in [1.29, 1.82) is 0 Å². The highest BCUT2D eigenvalue weighted by molar-refractivity contribution is 7.86. The number of aryl methyl sites for hydroxylation is 1. The minimum Gasteiger partial charge on any atom is -0.362 e. The van der Waals surface area contributed by atoms with Crippen LogP contribution in [0.15, 0.2) is 29.2 Å². The number of ether oxygens (including phenoxy) is 1. The molecule has 0 N–H and O–H groups in total. The summed E-state index contributed by atoms with van der Waals surface area (Å²) in [5.74, 6) is -0.604. The second-order valence-electron chi connectivity index (χ2n) is 5.94. The summed E-state index contributed by atoms with van der Waals surface area (Å²) in [7, 11) is -3.71. The third kappa shape index (κ3) is 5.91. The number of unbranched alkanes of at least 4 members (excludes halogenated alkanes) is 3.